The number of amides is 2. The quantitative estimate of drug-likeness (QED) is 0.475. The first-order valence-corrected chi connectivity index (χ1v) is 10.5. The standard InChI is InChI=1S/C21H29N3O5S/c1-4-28-18(25)13-16-20(27)22-10-11-24(16)21(30)23-19(26)15-7-5-6-8-17(15)29-12-9-14(2)3/h5-8,14,16H,4,9-13H2,1-3H3,(H,22,27)(H,23,26,30). The molecule has 1 aliphatic rings. The molecule has 0 bridgehead atoms. The molecule has 0 aliphatic carbocycles. The highest BCUT2D eigenvalue weighted by molar-refractivity contribution is 7.80. The van der Waals surface area contributed by atoms with E-state index in [9.17, 15) is 14.4 Å². The largest absolute Gasteiger partial charge is 0.493 e. The molecule has 8 nitrogen and oxygen atoms in total. The maximum atomic E-state index is 12.8. The monoisotopic (exact) mass is 435 g/mol. The molecule has 1 saturated heterocycles. The summed E-state index contributed by atoms with van der Waals surface area (Å²) in [6, 6.07) is 6.09. The predicted molar refractivity (Wildman–Crippen MR) is 116 cm³/mol. The van der Waals surface area contributed by atoms with Crippen molar-refractivity contribution in [3.05, 3.63) is 29.8 Å². The topological polar surface area (TPSA) is 97.0 Å². The van der Waals surface area contributed by atoms with Crippen molar-refractivity contribution in [1.82, 2.24) is 15.5 Å². The minimum absolute atomic E-state index is 0.0844. The van der Waals surface area contributed by atoms with Crippen LogP contribution in [0.25, 0.3) is 0 Å². The minimum atomic E-state index is -0.830. The lowest BCUT2D eigenvalue weighted by Gasteiger charge is -2.36. The number of para-hydroxylation sites is 1. The first-order chi connectivity index (χ1) is 14.3. The van der Waals surface area contributed by atoms with Crippen LogP contribution >= 0.6 is 12.2 Å². The summed E-state index contributed by atoms with van der Waals surface area (Å²) in [4.78, 5) is 38.5. The van der Waals surface area contributed by atoms with Gasteiger partial charge in [0.05, 0.1) is 25.2 Å². The molecule has 0 radical (unpaired) electrons. The molecule has 1 heterocycles. The van der Waals surface area contributed by atoms with Gasteiger partial charge in [-0.25, -0.2) is 0 Å². The Morgan fingerprint density at radius 3 is 2.77 bits per heavy atom. The highest BCUT2D eigenvalue weighted by atomic mass is 32.1. The summed E-state index contributed by atoms with van der Waals surface area (Å²) < 4.78 is 10.7. The normalized spacial score (nSPS) is 16.1. The van der Waals surface area contributed by atoms with Gasteiger partial charge in [0.2, 0.25) is 5.91 Å². The van der Waals surface area contributed by atoms with Crippen LogP contribution in [-0.4, -0.2) is 60.1 Å². The fraction of sp³-hybridized carbons (Fsp3) is 0.524. The predicted octanol–water partition coefficient (Wildman–Crippen LogP) is 1.88. The van der Waals surface area contributed by atoms with Crippen molar-refractivity contribution in [2.45, 2.75) is 39.7 Å². The van der Waals surface area contributed by atoms with Crippen molar-refractivity contribution in [3.63, 3.8) is 0 Å². The van der Waals surface area contributed by atoms with E-state index in [0.29, 0.717) is 36.9 Å². The molecule has 1 aliphatic heterocycles. The van der Waals surface area contributed by atoms with Crippen LogP contribution in [0.2, 0.25) is 0 Å². The van der Waals surface area contributed by atoms with Crippen LogP contribution in [0.4, 0.5) is 0 Å². The Balaban J connectivity index is 2.07. The molecule has 30 heavy (non-hydrogen) atoms. The Bertz CT molecular complexity index is 784. The highest BCUT2D eigenvalue weighted by Crippen LogP contribution is 2.19. The van der Waals surface area contributed by atoms with E-state index in [1.807, 2.05) is 0 Å². The second-order valence-electron chi connectivity index (χ2n) is 7.30. The maximum Gasteiger partial charge on any atom is 0.308 e. The van der Waals surface area contributed by atoms with Crippen LogP contribution in [-0.2, 0) is 14.3 Å². The first-order valence-electron chi connectivity index (χ1n) is 10.1. The average molecular weight is 436 g/mol. The lowest BCUT2D eigenvalue weighted by Crippen LogP contribution is -2.60. The van der Waals surface area contributed by atoms with Crippen LogP contribution in [0.15, 0.2) is 24.3 Å². The molecule has 2 rings (SSSR count). The van der Waals surface area contributed by atoms with Crippen LogP contribution in [0.5, 0.6) is 5.75 Å². The van der Waals surface area contributed by atoms with Crippen molar-refractivity contribution in [3.8, 4) is 5.75 Å². The molecule has 164 valence electrons. The van der Waals surface area contributed by atoms with E-state index < -0.39 is 17.9 Å². The Morgan fingerprint density at radius 1 is 1.33 bits per heavy atom. The number of thiocarbonyl (C=S) groups is 1. The summed E-state index contributed by atoms with van der Waals surface area (Å²) in [5, 5.41) is 5.46. The number of esters is 1. The fourth-order valence-electron chi connectivity index (χ4n) is 2.96. The van der Waals surface area contributed by atoms with Crippen molar-refractivity contribution < 1.29 is 23.9 Å². The number of rotatable bonds is 8. The van der Waals surface area contributed by atoms with Gasteiger partial charge in [-0.15, -0.1) is 0 Å². The number of hydrogen-bond acceptors (Lipinski definition) is 6. The van der Waals surface area contributed by atoms with Gasteiger partial charge >= 0.3 is 5.97 Å². The maximum absolute atomic E-state index is 12.8. The Morgan fingerprint density at radius 2 is 2.07 bits per heavy atom. The third kappa shape index (κ3) is 6.69. The van der Waals surface area contributed by atoms with Crippen LogP contribution < -0.4 is 15.4 Å². The van der Waals surface area contributed by atoms with Crippen LogP contribution in [0, 0.1) is 5.92 Å². The van der Waals surface area contributed by atoms with E-state index in [1.165, 1.54) is 0 Å². The molecule has 1 atom stereocenters. The molecule has 1 aromatic rings. The Labute approximate surface area is 182 Å². The van der Waals surface area contributed by atoms with Gasteiger partial charge in [-0.1, -0.05) is 26.0 Å². The second-order valence-corrected chi connectivity index (χ2v) is 7.68. The van der Waals surface area contributed by atoms with Crippen molar-refractivity contribution in [2.24, 2.45) is 5.92 Å². The zero-order valence-electron chi connectivity index (χ0n) is 17.6. The van der Waals surface area contributed by atoms with Gasteiger partial charge in [-0.3, -0.25) is 19.7 Å². The lowest BCUT2D eigenvalue weighted by atomic mass is 10.1. The summed E-state index contributed by atoms with van der Waals surface area (Å²) in [5.74, 6) is -0.301. The molecule has 1 fully saturated rings. The highest BCUT2D eigenvalue weighted by Gasteiger charge is 2.34. The molecule has 2 N–H and O–H groups in total. The smallest absolute Gasteiger partial charge is 0.308 e. The summed E-state index contributed by atoms with van der Waals surface area (Å²) in [6.45, 7) is 7.36. The van der Waals surface area contributed by atoms with E-state index in [-0.39, 0.29) is 24.0 Å². The Hall–Kier alpha value is -2.68. The number of ether oxygens (including phenoxy) is 2. The van der Waals surface area contributed by atoms with Crippen molar-refractivity contribution in [1.29, 1.82) is 0 Å². The number of carbonyl (C=O) groups excluding carboxylic acids is 3. The van der Waals surface area contributed by atoms with E-state index in [0.717, 1.165) is 6.42 Å². The molecule has 0 aromatic heterocycles. The molecule has 1 unspecified atom stereocenters. The Kier molecular flexibility index (Phi) is 9.04. The van der Waals surface area contributed by atoms with Crippen molar-refractivity contribution >= 4 is 35.1 Å². The second kappa shape index (κ2) is 11.5. The van der Waals surface area contributed by atoms with Crippen molar-refractivity contribution in [2.75, 3.05) is 26.3 Å². The van der Waals surface area contributed by atoms with Gasteiger partial charge in [0.25, 0.3) is 5.91 Å². The van der Waals surface area contributed by atoms with Gasteiger partial charge in [0.1, 0.15) is 11.8 Å². The number of benzene rings is 1. The van der Waals surface area contributed by atoms with Crippen LogP contribution in [0.3, 0.4) is 0 Å². The van der Waals surface area contributed by atoms with Gasteiger partial charge < -0.3 is 19.7 Å². The third-order valence-electron chi connectivity index (χ3n) is 4.56. The fourth-order valence-corrected chi connectivity index (χ4v) is 3.27. The molecule has 0 saturated carbocycles. The molecular weight excluding hydrogens is 406 g/mol. The third-order valence-corrected chi connectivity index (χ3v) is 4.90. The number of carbonyl (C=O) groups is 3. The van der Waals surface area contributed by atoms with Crippen LogP contribution in [0.1, 0.15) is 44.0 Å². The first kappa shape index (κ1) is 23.6. The van der Waals surface area contributed by atoms with E-state index in [2.05, 4.69) is 24.5 Å². The van der Waals surface area contributed by atoms with Gasteiger partial charge in [0, 0.05) is 13.1 Å². The SMILES string of the molecule is CCOC(=O)CC1C(=O)NCCN1C(=S)NC(=O)c1ccccc1OCCC(C)C. The zero-order chi connectivity index (χ0) is 22.1. The number of hydrogen-bond donors (Lipinski definition) is 2. The molecular formula is C21H29N3O5S. The summed E-state index contributed by atoms with van der Waals surface area (Å²) in [7, 11) is 0. The van der Waals surface area contributed by atoms with Gasteiger partial charge in [-0.05, 0) is 43.6 Å². The zero-order valence-corrected chi connectivity index (χ0v) is 18.4. The summed E-state index contributed by atoms with van der Waals surface area (Å²) in [6.07, 6.45) is 0.720. The van der Waals surface area contributed by atoms with Gasteiger partial charge in [-0.2, -0.15) is 0 Å². The lowest BCUT2D eigenvalue weighted by molar-refractivity contribution is -0.147. The molecule has 9 heteroatoms. The number of nitrogens with zero attached hydrogens (tertiary/aromatic N) is 1. The molecule has 2 amide bonds. The minimum Gasteiger partial charge on any atom is -0.493 e. The summed E-state index contributed by atoms with van der Waals surface area (Å²) in [5.41, 5.74) is 0.354. The number of nitrogens with one attached hydrogen (secondary N) is 2. The van der Waals surface area contributed by atoms with E-state index in [1.54, 1.807) is 36.1 Å². The molecule has 1 aromatic carbocycles. The van der Waals surface area contributed by atoms with E-state index >= 15 is 0 Å². The molecule has 0 spiro atoms. The summed E-state index contributed by atoms with van der Waals surface area (Å²) >= 11 is 5.38. The number of piperazine rings is 1. The average Bonchev–Trinajstić information content (AvgIpc) is 2.69. The van der Waals surface area contributed by atoms with Gasteiger partial charge in [0.15, 0.2) is 5.11 Å². The van der Waals surface area contributed by atoms with E-state index in [4.69, 9.17) is 21.7 Å².